The van der Waals surface area contributed by atoms with E-state index in [-0.39, 0.29) is 17.1 Å². The van der Waals surface area contributed by atoms with Crippen molar-refractivity contribution in [3.8, 4) is 16.3 Å². The number of carbonyl (C=O) groups excluding carboxylic acids is 1. The number of carbonyl (C=O) groups is 1. The van der Waals surface area contributed by atoms with Gasteiger partial charge < -0.3 is 10.1 Å². The van der Waals surface area contributed by atoms with E-state index in [1.54, 1.807) is 35.1 Å². The lowest BCUT2D eigenvalue weighted by molar-refractivity contribution is 0.0977. The largest absolute Gasteiger partial charge is 0.491 e. The Morgan fingerprint density at radius 2 is 1.87 bits per heavy atom. The SMILES string of the molecule is CC(C)Oc1ccc(C(=O)NC(=S)Nc2ccc(-c3nn4cnnc4s3)cc2)cc1. The molecule has 0 unspecified atom stereocenters. The lowest BCUT2D eigenvalue weighted by Crippen LogP contribution is -2.34. The van der Waals surface area contributed by atoms with Gasteiger partial charge in [0.2, 0.25) is 4.96 Å². The summed E-state index contributed by atoms with van der Waals surface area (Å²) in [6, 6.07) is 14.5. The molecule has 0 aliphatic rings. The Bertz CT molecular complexity index is 1150. The first kappa shape index (κ1) is 19.9. The zero-order chi connectivity index (χ0) is 21.1. The summed E-state index contributed by atoms with van der Waals surface area (Å²) in [6.45, 7) is 3.90. The van der Waals surface area contributed by atoms with Crippen LogP contribution in [0, 0.1) is 0 Å². The van der Waals surface area contributed by atoms with Gasteiger partial charge in [-0.2, -0.15) is 9.61 Å². The third-order valence-electron chi connectivity index (χ3n) is 3.99. The Hall–Kier alpha value is -3.37. The predicted molar refractivity (Wildman–Crippen MR) is 120 cm³/mol. The molecule has 4 rings (SSSR count). The molecule has 8 nitrogen and oxygen atoms in total. The summed E-state index contributed by atoms with van der Waals surface area (Å²) in [7, 11) is 0. The number of fused-ring (bicyclic) bond motifs is 1. The number of ether oxygens (including phenoxy) is 1. The van der Waals surface area contributed by atoms with E-state index in [1.165, 1.54) is 11.3 Å². The average Bonchev–Trinajstić information content (AvgIpc) is 3.31. The second-order valence-corrected chi connectivity index (χ2v) is 8.01. The molecule has 152 valence electrons. The quantitative estimate of drug-likeness (QED) is 0.458. The van der Waals surface area contributed by atoms with Crippen LogP contribution < -0.4 is 15.4 Å². The van der Waals surface area contributed by atoms with Crippen molar-refractivity contribution < 1.29 is 9.53 Å². The number of amides is 1. The molecular weight excluding hydrogens is 420 g/mol. The van der Waals surface area contributed by atoms with Gasteiger partial charge in [0.15, 0.2) is 5.11 Å². The number of anilines is 1. The smallest absolute Gasteiger partial charge is 0.257 e. The zero-order valence-electron chi connectivity index (χ0n) is 16.2. The molecule has 2 heterocycles. The van der Waals surface area contributed by atoms with E-state index in [4.69, 9.17) is 17.0 Å². The minimum atomic E-state index is -0.292. The molecule has 10 heteroatoms. The van der Waals surface area contributed by atoms with Gasteiger partial charge in [-0.15, -0.1) is 10.2 Å². The van der Waals surface area contributed by atoms with Crippen LogP contribution in [0.3, 0.4) is 0 Å². The lowest BCUT2D eigenvalue weighted by Gasteiger charge is -2.11. The van der Waals surface area contributed by atoms with Crippen molar-refractivity contribution in [3.63, 3.8) is 0 Å². The fourth-order valence-corrected chi connectivity index (χ4v) is 3.70. The van der Waals surface area contributed by atoms with Gasteiger partial charge in [-0.25, -0.2) is 0 Å². The van der Waals surface area contributed by atoms with Crippen molar-refractivity contribution in [2.75, 3.05) is 5.32 Å². The molecule has 1 amide bonds. The van der Waals surface area contributed by atoms with Crippen molar-refractivity contribution in [2.24, 2.45) is 0 Å². The van der Waals surface area contributed by atoms with E-state index in [2.05, 4.69) is 25.9 Å². The summed E-state index contributed by atoms with van der Waals surface area (Å²) in [5.74, 6) is 0.423. The molecule has 0 saturated heterocycles. The minimum absolute atomic E-state index is 0.0759. The van der Waals surface area contributed by atoms with Gasteiger partial charge in [-0.3, -0.25) is 10.1 Å². The molecule has 0 radical (unpaired) electrons. The third kappa shape index (κ3) is 4.61. The molecule has 4 aromatic rings. The van der Waals surface area contributed by atoms with E-state index in [0.717, 1.165) is 21.2 Å². The van der Waals surface area contributed by atoms with E-state index in [1.807, 2.05) is 38.1 Å². The van der Waals surface area contributed by atoms with Crippen LogP contribution in [0.2, 0.25) is 0 Å². The molecular formula is C20H18N6O2S2. The Morgan fingerprint density at radius 1 is 1.13 bits per heavy atom. The van der Waals surface area contributed by atoms with Crippen molar-refractivity contribution in [1.29, 1.82) is 0 Å². The summed E-state index contributed by atoms with van der Waals surface area (Å²) in [4.78, 5) is 13.1. The van der Waals surface area contributed by atoms with E-state index in [9.17, 15) is 4.79 Å². The molecule has 0 aliphatic heterocycles. The van der Waals surface area contributed by atoms with Crippen molar-refractivity contribution in [2.45, 2.75) is 20.0 Å². The number of thiocarbonyl (C=S) groups is 1. The van der Waals surface area contributed by atoms with Crippen LogP contribution in [-0.4, -0.2) is 36.9 Å². The standard InChI is InChI=1S/C20H18N6O2S2/c1-12(2)28-16-9-5-13(6-10-16)17(27)23-19(29)22-15-7-3-14(4-8-15)18-25-26-11-21-24-20(26)30-18/h3-12H,1-2H3,(H2,22,23,27,29). The molecule has 2 N–H and O–H groups in total. The van der Waals surface area contributed by atoms with E-state index >= 15 is 0 Å². The summed E-state index contributed by atoms with van der Waals surface area (Å²) in [5.41, 5.74) is 2.20. The number of nitrogens with zero attached hydrogens (tertiary/aromatic N) is 4. The molecule has 2 aromatic heterocycles. The number of hydrogen-bond donors (Lipinski definition) is 2. The molecule has 0 aliphatic carbocycles. The molecule has 0 saturated carbocycles. The maximum atomic E-state index is 12.4. The molecule has 2 aromatic carbocycles. The normalized spacial score (nSPS) is 10.9. The van der Waals surface area contributed by atoms with Gasteiger partial charge >= 0.3 is 0 Å². The Balaban J connectivity index is 1.35. The van der Waals surface area contributed by atoms with Crippen LogP contribution in [-0.2, 0) is 0 Å². The van der Waals surface area contributed by atoms with Gasteiger partial charge in [-0.1, -0.05) is 11.3 Å². The fourth-order valence-electron chi connectivity index (χ4n) is 2.67. The third-order valence-corrected chi connectivity index (χ3v) is 5.16. The molecule has 0 atom stereocenters. The van der Waals surface area contributed by atoms with Crippen LogP contribution in [0.1, 0.15) is 24.2 Å². The van der Waals surface area contributed by atoms with Crippen LogP contribution >= 0.6 is 23.6 Å². The van der Waals surface area contributed by atoms with Gasteiger partial charge in [-0.05, 0) is 74.6 Å². The topological polar surface area (TPSA) is 93.4 Å². The number of rotatable bonds is 5. The van der Waals surface area contributed by atoms with Crippen LogP contribution in [0.5, 0.6) is 5.75 Å². The Labute approximate surface area is 181 Å². The number of nitrogens with one attached hydrogen (secondary N) is 2. The summed E-state index contributed by atoms with van der Waals surface area (Å²) in [5, 5.41) is 19.0. The second kappa shape index (κ2) is 8.56. The molecule has 30 heavy (non-hydrogen) atoms. The molecule has 0 spiro atoms. The first-order valence-electron chi connectivity index (χ1n) is 9.14. The number of aromatic nitrogens is 4. The Morgan fingerprint density at radius 3 is 2.53 bits per heavy atom. The van der Waals surface area contributed by atoms with Crippen molar-refractivity contribution >= 4 is 45.2 Å². The van der Waals surface area contributed by atoms with Gasteiger partial charge in [0.25, 0.3) is 5.91 Å². The van der Waals surface area contributed by atoms with Crippen LogP contribution in [0.15, 0.2) is 54.9 Å². The summed E-state index contributed by atoms with van der Waals surface area (Å²) >= 11 is 6.71. The number of benzene rings is 2. The summed E-state index contributed by atoms with van der Waals surface area (Å²) < 4.78 is 7.22. The highest BCUT2D eigenvalue weighted by Gasteiger charge is 2.10. The van der Waals surface area contributed by atoms with Gasteiger partial charge in [0.1, 0.15) is 17.1 Å². The molecule has 0 bridgehead atoms. The molecule has 0 fully saturated rings. The highest BCUT2D eigenvalue weighted by molar-refractivity contribution is 7.80. The zero-order valence-corrected chi connectivity index (χ0v) is 17.8. The van der Waals surface area contributed by atoms with Crippen LogP contribution in [0.4, 0.5) is 5.69 Å². The van der Waals surface area contributed by atoms with Crippen molar-refractivity contribution in [1.82, 2.24) is 25.1 Å². The van der Waals surface area contributed by atoms with Gasteiger partial charge in [0.05, 0.1) is 6.10 Å². The Kier molecular flexibility index (Phi) is 5.68. The summed E-state index contributed by atoms with van der Waals surface area (Å²) in [6.07, 6.45) is 1.64. The highest BCUT2D eigenvalue weighted by Crippen LogP contribution is 2.25. The average molecular weight is 439 g/mol. The second-order valence-electron chi connectivity index (χ2n) is 6.64. The fraction of sp³-hybridized carbons (Fsp3) is 0.150. The van der Waals surface area contributed by atoms with Crippen LogP contribution in [0.25, 0.3) is 15.5 Å². The first-order valence-corrected chi connectivity index (χ1v) is 10.4. The minimum Gasteiger partial charge on any atom is -0.491 e. The maximum Gasteiger partial charge on any atom is 0.257 e. The van der Waals surface area contributed by atoms with E-state index < -0.39 is 0 Å². The monoisotopic (exact) mass is 438 g/mol. The van der Waals surface area contributed by atoms with Gasteiger partial charge in [0, 0.05) is 16.8 Å². The first-order chi connectivity index (χ1) is 14.5. The predicted octanol–water partition coefficient (Wildman–Crippen LogP) is 3.77. The highest BCUT2D eigenvalue weighted by atomic mass is 32.1. The van der Waals surface area contributed by atoms with Crippen molar-refractivity contribution in [3.05, 3.63) is 60.4 Å². The maximum absolute atomic E-state index is 12.4. The number of hydrogen-bond acceptors (Lipinski definition) is 7. The lowest BCUT2D eigenvalue weighted by atomic mass is 10.2. The van der Waals surface area contributed by atoms with E-state index in [0.29, 0.717) is 11.3 Å².